The molecule has 1 aromatic carbocycles. The number of rotatable bonds is 6. The topological polar surface area (TPSA) is 64.3 Å². The van der Waals surface area contributed by atoms with E-state index in [2.05, 4.69) is 28.2 Å². The molecular formula is C18H27BrN2O2. The number of carbonyl (C=O) groups is 1. The van der Waals surface area contributed by atoms with Crippen LogP contribution in [0.3, 0.4) is 0 Å². The van der Waals surface area contributed by atoms with Gasteiger partial charge in [-0.05, 0) is 43.4 Å². The summed E-state index contributed by atoms with van der Waals surface area (Å²) < 4.78 is 6.88. The predicted molar refractivity (Wildman–Crippen MR) is 96.1 cm³/mol. The molecule has 0 bridgehead atoms. The number of hydrogen-bond donors (Lipinski definition) is 2. The third kappa shape index (κ3) is 5.03. The minimum atomic E-state index is -1.04. The van der Waals surface area contributed by atoms with Gasteiger partial charge < -0.3 is 15.8 Å². The fraction of sp³-hybridized carbons (Fsp3) is 0.611. The van der Waals surface area contributed by atoms with Crippen LogP contribution >= 0.6 is 15.9 Å². The molecule has 4 nitrogen and oxygen atoms in total. The first-order chi connectivity index (χ1) is 10.9. The van der Waals surface area contributed by atoms with E-state index in [1.54, 1.807) is 6.92 Å². The number of carbonyl (C=O) groups excluding carboxylic acids is 1. The molecule has 1 aliphatic rings. The van der Waals surface area contributed by atoms with Gasteiger partial charge in [0.25, 0.3) is 0 Å². The summed E-state index contributed by atoms with van der Waals surface area (Å²) in [6, 6.07) is 7.51. The van der Waals surface area contributed by atoms with Crippen molar-refractivity contribution in [1.82, 2.24) is 5.32 Å². The zero-order chi connectivity index (χ0) is 16.9. The average Bonchev–Trinajstić information content (AvgIpc) is 2.53. The Bertz CT molecular complexity index is 516. The van der Waals surface area contributed by atoms with Crippen molar-refractivity contribution < 1.29 is 9.53 Å². The molecule has 0 aromatic heterocycles. The van der Waals surface area contributed by atoms with E-state index in [1.165, 1.54) is 19.3 Å². The SMILES string of the molecule is CC1CCCCC1OCCNC(=O)C(C)(N)c1ccc(Br)cc1. The maximum Gasteiger partial charge on any atom is 0.244 e. The van der Waals surface area contributed by atoms with Crippen molar-refractivity contribution in [1.29, 1.82) is 0 Å². The Morgan fingerprint density at radius 2 is 2.00 bits per heavy atom. The van der Waals surface area contributed by atoms with Gasteiger partial charge in [0, 0.05) is 11.0 Å². The highest BCUT2D eigenvalue weighted by Gasteiger charge is 2.30. The Morgan fingerprint density at radius 1 is 1.35 bits per heavy atom. The number of hydrogen-bond acceptors (Lipinski definition) is 3. The van der Waals surface area contributed by atoms with Crippen LogP contribution in [0, 0.1) is 5.92 Å². The standard InChI is InChI=1S/C18H27BrN2O2/c1-13-5-3-4-6-16(13)23-12-11-21-17(22)18(2,20)14-7-9-15(19)10-8-14/h7-10,13,16H,3-6,11-12,20H2,1-2H3,(H,21,22). The Kier molecular flexibility index (Phi) is 6.62. The largest absolute Gasteiger partial charge is 0.376 e. The summed E-state index contributed by atoms with van der Waals surface area (Å²) in [5, 5.41) is 2.89. The molecule has 0 saturated heterocycles. The van der Waals surface area contributed by atoms with Crippen molar-refractivity contribution in [3.8, 4) is 0 Å². The molecule has 1 amide bonds. The highest BCUT2D eigenvalue weighted by atomic mass is 79.9. The van der Waals surface area contributed by atoms with E-state index in [9.17, 15) is 4.79 Å². The lowest BCUT2D eigenvalue weighted by atomic mass is 9.88. The Morgan fingerprint density at radius 3 is 2.65 bits per heavy atom. The van der Waals surface area contributed by atoms with Gasteiger partial charge in [-0.1, -0.05) is 47.8 Å². The molecule has 5 heteroatoms. The molecule has 0 aliphatic heterocycles. The van der Waals surface area contributed by atoms with Crippen molar-refractivity contribution in [3.05, 3.63) is 34.3 Å². The first-order valence-electron chi connectivity index (χ1n) is 8.36. The van der Waals surface area contributed by atoms with Crippen LogP contribution in [0.1, 0.15) is 45.1 Å². The molecule has 2 rings (SSSR count). The minimum Gasteiger partial charge on any atom is -0.376 e. The number of ether oxygens (including phenoxy) is 1. The van der Waals surface area contributed by atoms with E-state index in [4.69, 9.17) is 10.5 Å². The normalized spacial score (nSPS) is 24.0. The number of nitrogens with two attached hydrogens (primary N) is 1. The van der Waals surface area contributed by atoms with Crippen LogP contribution in [0.4, 0.5) is 0 Å². The highest BCUT2D eigenvalue weighted by Crippen LogP contribution is 2.26. The maximum absolute atomic E-state index is 12.4. The van der Waals surface area contributed by atoms with E-state index in [1.807, 2.05) is 24.3 Å². The lowest BCUT2D eigenvalue weighted by Crippen LogP contribution is -2.49. The van der Waals surface area contributed by atoms with Crippen LogP contribution in [0.5, 0.6) is 0 Å². The van der Waals surface area contributed by atoms with Crippen molar-refractivity contribution in [2.75, 3.05) is 13.2 Å². The lowest BCUT2D eigenvalue weighted by molar-refractivity contribution is -0.126. The molecular weight excluding hydrogens is 356 g/mol. The van der Waals surface area contributed by atoms with Crippen molar-refractivity contribution in [3.63, 3.8) is 0 Å². The molecule has 0 radical (unpaired) electrons. The molecule has 1 aromatic rings. The van der Waals surface area contributed by atoms with Crippen LogP contribution in [-0.2, 0) is 15.1 Å². The van der Waals surface area contributed by atoms with Gasteiger partial charge in [-0.2, -0.15) is 0 Å². The Hall–Kier alpha value is -0.910. The molecule has 1 saturated carbocycles. The summed E-state index contributed by atoms with van der Waals surface area (Å²) in [7, 11) is 0. The second-order valence-electron chi connectivity index (χ2n) is 6.64. The summed E-state index contributed by atoms with van der Waals surface area (Å²) in [5.41, 5.74) is 5.96. The van der Waals surface area contributed by atoms with Gasteiger partial charge in [-0.15, -0.1) is 0 Å². The summed E-state index contributed by atoms with van der Waals surface area (Å²) in [4.78, 5) is 12.4. The van der Waals surface area contributed by atoms with Crippen LogP contribution < -0.4 is 11.1 Å². The molecule has 3 unspecified atom stereocenters. The van der Waals surface area contributed by atoms with Crippen LogP contribution in [0.2, 0.25) is 0 Å². The van der Waals surface area contributed by atoms with Gasteiger partial charge in [0.15, 0.2) is 0 Å². The molecule has 128 valence electrons. The van der Waals surface area contributed by atoms with Crippen LogP contribution in [-0.4, -0.2) is 25.2 Å². The zero-order valence-electron chi connectivity index (χ0n) is 14.0. The second-order valence-corrected chi connectivity index (χ2v) is 7.55. The third-order valence-electron chi connectivity index (χ3n) is 4.67. The number of halogens is 1. The molecule has 3 atom stereocenters. The summed E-state index contributed by atoms with van der Waals surface area (Å²) in [6.07, 6.45) is 5.24. The predicted octanol–water partition coefficient (Wildman–Crippen LogP) is 3.33. The number of amides is 1. The van der Waals surface area contributed by atoms with Crippen molar-refractivity contribution in [2.24, 2.45) is 11.7 Å². The van der Waals surface area contributed by atoms with E-state index in [0.717, 1.165) is 16.5 Å². The Labute approximate surface area is 147 Å². The summed E-state index contributed by atoms with van der Waals surface area (Å²) in [5.74, 6) is 0.433. The first kappa shape index (κ1) is 18.4. The molecule has 1 aliphatic carbocycles. The lowest BCUT2D eigenvalue weighted by Gasteiger charge is -2.29. The van der Waals surface area contributed by atoms with Gasteiger partial charge in [0.05, 0.1) is 12.7 Å². The molecule has 3 N–H and O–H groups in total. The summed E-state index contributed by atoms with van der Waals surface area (Å²) in [6.45, 7) is 5.01. The second kappa shape index (κ2) is 8.27. The van der Waals surface area contributed by atoms with Gasteiger partial charge in [-0.25, -0.2) is 0 Å². The molecule has 0 heterocycles. The highest BCUT2D eigenvalue weighted by molar-refractivity contribution is 9.10. The average molecular weight is 383 g/mol. The Balaban J connectivity index is 1.78. The fourth-order valence-electron chi connectivity index (χ4n) is 3.02. The maximum atomic E-state index is 12.4. The fourth-order valence-corrected chi connectivity index (χ4v) is 3.28. The summed E-state index contributed by atoms with van der Waals surface area (Å²) >= 11 is 3.39. The number of nitrogens with one attached hydrogen (secondary N) is 1. The first-order valence-corrected chi connectivity index (χ1v) is 9.15. The van der Waals surface area contributed by atoms with Crippen molar-refractivity contribution >= 4 is 21.8 Å². The van der Waals surface area contributed by atoms with E-state index < -0.39 is 5.54 Å². The van der Waals surface area contributed by atoms with Gasteiger partial charge in [0.1, 0.15) is 5.54 Å². The molecule has 23 heavy (non-hydrogen) atoms. The minimum absolute atomic E-state index is 0.180. The number of benzene rings is 1. The van der Waals surface area contributed by atoms with Crippen LogP contribution in [0.25, 0.3) is 0 Å². The van der Waals surface area contributed by atoms with Gasteiger partial charge >= 0.3 is 0 Å². The van der Waals surface area contributed by atoms with E-state index in [0.29, 0.717) is 25.2 Å². The monoisotopic (exact) mass is 382 g/mol. The van der Waals surface area contributed by atoms with Crippen LogP contribution in [0.15, 0.2) is 28.7 Å². The quantitative estimate of drug-likeness (QED) is 0.741. The van der Waals surface area contributed by atoms with E-state index >= 15 is 0 Å². The van der Waals surface area contributed by atoms with Gasteiger partial charge in [-0.3, -0.25) is 4.79 Å². The van der Waals surface area contributed by atoms with Gasteiger partial charge in [0.2, 0.25) is 5.91 Å². The van der Waals surface area contributed by atoms with E-state index in [-0.39, 0.29) is 5.91 Å². The molecule has 0 spiro atoms. The van der Waals surface area contributed by atoms with Crippen molar-refractivity contribution in [2.45, 2.75) is 51.2 Å². The smallest absolute Gasteiger partial charge is 0.244 e. The zero-order valence-corrected chi connectivity index (χ0v) is 15.6. The third-order valence-corrected chi connectivity index (χ3v) is 5.20. The molecule has 1 fully saturated rings.